The molecular formula is C19H24N6S. The van der Waals surface area contributed by atoms with Crippen molar-refractivity contribution in [2.45, 2.75) is 22.5 Å². The maximum Gasteiger partial charge on any atom is 0.225 e. The number of nitrogens with two attached hydrogens (primary N) is 1. The molecule has 26 heavy (non-hydrogen) atoms. The molecule has 2 fully saturated rings. The van der Waals surface area contributed by atoms with E-state index in [1.807, 2.05) is 17.8 Å². The number of aliphatic imine (C=N–C) groups is 1. The SMILES string of the molecule is NC(=NCC1(Sc2ccccc2)CC1)N1CCN(c2ncccn2)CC1. The average Bonchev–Trinajstić information content (AvgIpc) is 3.47. The van der Waals surface area contributed by atoms with E-state index in [2.05, 4.69) is 50.1 Å². The van der Waals surface area contributed by atoms with E-state index in [-0.39, 0.29) is 4.75 Å². The van der Waals surface area contributed by atoms with Gasteiger partial charge in [0.25, 0.3) is 0 Å². The van der Waals surface area contributed by atoms with Gasteiger partial charge in [-0.1, -0.05) is 18.2 Å². The minimum atomic E-state index is 0.242. The van der Waals surface area contributed by atoms with Crippen LogP contribution < -0.4 is 10.6 Å². The molecule has 1 aliphatic heterocycles. The van der Waals surface area contributed by atoms with Crippen LogP contribution >= 0.6 is 11.8 Å². The third-order valence-electron chi connectivity index (χ3n) is 4.85. The number of thioether (sulfide) groups is 1. The van der Waals surface area contributed by atoms with Crippen LogP contribution in [0.25, 0.3) is 0 Å². The van der Waals surface area contributed by atoms with E-state index in [4.69, 9.17) is 10.7 Å². The number of nitrogens with zero attached hydrogens (tertiary/aromatic N) is 5. The van der Waals surface area contributed by atoms with E-state index in [9.17, 15) is 0 Å². The van der Waals surface area contributed by atoms with E-state index in [1.54, 1.807) is 12.4 Å². The summed E-state index contributed by atoms with van der Waals surface area (Å²) in [5, 5.41) is 0. The van der Waals surface area contributed by atoms with E-state index in [0.29, 0.717) is 5.96 Å². The second kappa shape index (κ2) is 7.53. The maximum atomic E-state index is 6.28. The van der Waals surface area contributed by atoms with Gasteiger partial charge < -0.3 is 15.5 Å². The molecule has 0 bridgehead atoms. The third-order valence-corrected chi connectivity index (χ3v) is 6.33. The Morgan fingerprint density at radius 1 is 1.04 bits per heavy atom. The molecule has 2 aromatic rings. The summed E-state index contributed by atoms with van der Waals surface area (Å²) < 4.78 is 0.242. The van der Waals surface area contributed by atoms with Gasteiger partial charge in [-0.05, 0) is 31.0 Å². The minimum Gasteiger partial charge on any atom is -0.370 e. The molecule has 1 saturated heterocycles. The largest absolute Gasteiger partial charge is 0.370 e. The van der Waals surface area contributed by atoms with Crippen LogP contribution in [0.5, 0.6) is 0 Å². The molecule has 7 heteroatoms. The first kappa shape index (κ1) is 17.1. The van der Waals surface area contributed by atoms with E-state index >= 15 is 0 Å². The fraction of sp³-hybridized carbons (Fsp3) is 0.421. The Kier molecular flexibility index (Phi) is 4.97. The molecule has 0 amide bonds. The summed E-state index contributed by atoms with van der Waals surface area (Å²) in [5.74, 6) is 1.46. The van der Waals surface area contributed by atoms with Crippen LogP contribution in [-0.2, 0) is 0 Å². The number of guanidine groups is 1. The molecular weight excluding hydrogens is 344 g/mol. The first-order valence-corrected chi connectivity index (χ1v) is 9.87. The number of rotatable bonds is 5. The molecule has 1 saturated carbocycles. The van der Waals surface area contributed by atoms with Gasteiger partial charge in [-0.25, -0.2) is 9.97 Å². The molecule has 4 rings (SSSR count). The molecule has 2 aliphatic rings. The van der Waals surface area contributed by atoms with Gasteiger partial charge in [-0.2, -0.15) is 0 Å². The van der Waals surface area contributed by atoms with Crippen molar-refractivity contribution in [3.05, 3.63) is 48.8 Å². The zero-order valence-electron chi connectivity index (χ0n) is 14.8. The van der Waals surface area contributed by atoms with E-state index in [1.165, 1.54) is 17.7 Å². The molecule has 6 nitrogen and oxygen atoms in total. The summed E-state index contributed by atoms with van der Waals surface area (Å²) in [4.78, 5) is 19.0. The van der Waals surface area contributed by atoms with Crippen molar-refractivity contribution in [2.75, 3.05) is 37.6 Å². The highest BCUT2D eigenvalue weighted by atomic mass is 32.2. The molecule has 0 spiro atoms. The predicted molar refractivity (Wildman–Crippen MR) is 107 cm³/mol. The smallest absolute Gasteiger partial charge is 0.225 e. The van der Waals surface area contributed by atoms with Crippen molar-refractivity contribution in [1.82, 2.24) is 14.9 Å². The average molecular weight is 369 g/mol. The Morgan fingerprint density at radius 2 is 1.73 bits per heavy atom. The summed E-state index contributed by atoms with van der Waals surface area (Å²) in [6.07, 6.45) is 5.99. The van der Waals surface area contributed by atoms with Crippen LogP contribution in [-0.4, -0.2) is 58.3 Å². The van der Waals surface area contributed by atoms with E-state index < -0.39 is 0 Å². The Bertz CT molecular complexity index is 739. The second-order valence-electron chi connectivity index (χ2n) is 6.80. The quantitative estimate of drug-likeness (QED) is 0.645. The zero-order chi connectivity index (χ0) is 17.8. The predicted octanol–water partition coefficient (Wildman–Crippen LogP) is 2.24. The molecule has 136 valence electrons. The monoisotopic (exact) mass is 368 g/mol. The molecule has 1 aromatic carbocycles. The fourth-order valence-electron chi connectivity index (χ4n) is 3.09. The van der Waals surface area contributed by atoms with Gasteiger partial charge in [0.1, 0.15) is 0 Å². The van der Waals surface area contributed by atoms with Gasteiger partial charge in [0.2, 0.25) is 5.95 Å². The van der Waals surface area contributed by atoms with Gasteiger partial charge in [0.05, 0.1) is 6.54 Å². The number of piperazine rings is 1. The summed E-state index contributed by atoms with van der Waals surface area (Å²) in [6.45, 7) is 4.23. The van der Waals surface area contributed by atoms with Gasteiger partial charge in [-0.15, -0.1) is 11.8 Å². The summed E-state index contributed by atoms with van der Waals surface area (Å²) >= 11 is 1.94. The van der Waals surface area contributed by atoms with Crippen molar-refractivity contribution in [2.24, 2.45) is 10.7 Å². The Morgan fingerprint density at radius 3 is 2.38 bits per heavy atom. The second-order valence-corrected chi connectivity index (χ2v) is 8.34. The van der Waals surface area contributed by atoms with Crippen LogP contribution in [0.1, 0.15) is 12.8 Å². The first-order valence-electron chi connectivity index (χ1n) is 9.05. The Balaban J connectivity index is 1.30. The summed E-state index contributed by atoms with van der Waals surface area (Å²) in [5.41, 5.74) is 6.28. The lowest BCUT2D eigenvalue weighted by atomic mass is 10.3. The van der Waals surface area contributed by atoms with Crippen molar-refractivity contribution >= 4 is 23.7 Å². The Labute approximate surface area is 158 Å². The fourth-order valence-corrected chi connectivity index (χ4v) is 4.31. The number of anilines is 1. The highest BCUT2D eigenvalue weighted by molar-refractivity contribution is 8.01. The number of benzene rings is 1. The summed E-state index contributed by atoms with van der Waals surface area (Å²) in [6, 6.07) is 12.4. The normalized spacial score (nSPS) is 19.5. The standard InChI is InChI=1S/C19H24N6S/c20-17(23-15-19(7-8-19)26-16-5-2-1-3-6-16)24-11-13-25(14-12-24)18-21-9-4-10-22-18/h1-6,9-10H,7-8,11-15H2,(H2,20,23). The van der Waals surface area contributed by atoms with Gasteiger partial charge >= 0.3 is 0 Å². The highest BCUT2D eigenvalue weighted by Crippen LogP contribution is 2.51. The summed E-state index contributed by atoms with van der Waals surface area (Å²) in [7, 11) is 0. The highest BCUT2D eigenvalue weighted by Gasteiger charge is 2.43. The van der Waals surface area contributed by atoms with Crippen LogP contribution in [0.15, 0.2) is 58.7 Å². The van der Waals surface area contributed by atoms with Crippen molar-refractivity contribution in [3.63, 3.8) is 0 Å². The third kappa shape index (κ3) is 4.09. The van der Waals surface area contributed by atoms with Crippen molar-refractivity contribution in [1.29, 1.82) is 0 Å². The number of aromatic nitrogens is 2. The molecule has 0 unspecified atom stereocenters. The topological polar surface area (TPSA) is 70.6 Å². The minimum absolute atomic E-state index is 0.242. The van der Waals surface area contributed by atoms with Crippen LogP contribution in [0.2, 0.25) is 0 Å². The van der Waals surface area contributed by atoms with Crippen molar-refractivity contribution in [3.8, 4) is 0 Å². The van der Waals surface area contributed by atoms with Crippen LogP contribution in [0, 0.1) is 0 Å². The first-order chi connectivity index (χ1) is 12.7. The molecule has 0 radical (unpaired) electrons. The molecule has 0 atom stereocenters. The number of hydrogen-bond acceptors (Lipinski definition) is 5. The molecule has 1 aliphatic carbocycles. The molecule has 1 aromatic heterocycles. The van der Waals surface area contributed by atoms with Gasteiger partial charge in [-0.3, -0.25) is 4.99 Å². The van der Waals surface area contributed by atoms with Crippen LogP contribution in [0.3, 0.4) is 0 Å². The van der Waals surface area contributed by atoms with Crippen LogP contribution in [0.4, 0.5) is 5.95 Å². The zero-order valence-corrected chi connectivity index (χ0v) is 15.6. The molecule has 2 heterocycles. The Hall–Kier alpha value is -2.28. The molecule has 2 N–H and O–H groups in total. The lowest BCUT2D eigenvalue weighted by Crippen LogP contribution is -2.51. The van der Waals surface area contributed by atoms with Gasteiger partial charge in [0, 0.05) is 48.2 Å². The maximum absolute atomic E-state index is 6.28. The van der Waals surface area contributed by atoms with Crippen molar-refractivity contribution < 1.29 is 0 Å². The van der Waals surface area contributed by atoms with Gasteiger partial charge in [0.15, 0.2) is 5.96 Å². The number of hydrogen-bond donors (Lipinski definition) is 1. The lowest BCUT2D eigenvalue weighted by Gasteiger charge is -2.35. The van der Waals surface area contributed by atoms with E-state index in [0.717, 1.165) is 38.7 Å². The lowest BCUT2D eigenvalue weighted by molar-refractivity contribution is 0.378.